The van der Waals surface area contributed by atoms with Crippen molar-refractivity contribution in [2.24, 2.45) is 10.4 Å². The van der Waals surface area contributed by atoms with Crippen molar-refractivity contribution in [1.82, 2.24) is 9.97 Å². The Morgan fingerprint density at radius 1 is 0.448 bits per heavy atom. The van der Waals surface area contributed by atoms with E-state index in [2.05, 4.69) is 164 Å². The maximum absolute atomic E-state index is 15.8. The molecule has 0 unspecified atom stereocenters. The average molecular weight is 748 g/mol. The number of fused-ring (bicyclic) bond motifs is 9. The van der Waals surface area contributed by atoms with E-state index < -0.39 is 0 Å². The predicted molar refractivity (Wildman–Crippen MR) is 237 cm³/mol. The number of rotatable bonds is 4. The SMILES string of the molecule is CC(C)(C)C1=CC=C2C(=C3C(=O)C2=C(c2ccccc2)c2ccc([nH]2)C(c2ccccc2)=C2C=CC(=N2)C(c2ccccc2)=c2ccc([nH]2)=C3c2ccccc2)C=C1. The molecule has 2 aliphatic heterocycles. The van der Waals surface area contributed by atoms with E-state index in [1.54, 1.807) is 0 Å². The molecule has 0 saturated heterocycles. The third-order valence-corrected chi connectivity index (χ3v) is 11.4. The fourth-order valence-electron chi connectivity index (χ4n) is 8.57. The van der Waals surface area contributed by atoms with Crippen LogP contribution in [0.4, 0.5) is 0 Å². The monoisotopic (exact) mass is 747 g/mol. The molecule has 0 radical (unpaired) electrons. The van der Waals surface area contributed by atoms with Crippen LogP contribution in [0.1, 0.15) is 54.4 Å². The van der Waals surface area contributed by atoms with Crippen molar-refractivity contribution in [3.63, 3.8) is 0 Å². The molecule has 0 atom stereocenters. The number of aromatic nitrogens is 2. The van der Waals surface area contributed by atoms with Gasteiger partial charge in [0.2, 0.25) is 0 Å². The number of nitrogens with zero attached hydrogens (tertiary/aromatic N) is 1. The van der Waals surface area contributed by atoms with Crippen LogP contribution in [0.15, 0.2) is 221 Å². The number of aromatic amines is 2. The zero-order chi connectivity index (χ0) is 39.4. The standard InChI is InChI=1S/C54H41N3O/c1-54(2,3)38-24-26-39-40(27-25-38)52-50(37-22-14-7-15-23-37)46-33-31-44(57-46)48(35-18-10-5-11-19-35)42-29-28-41(55-42)47(34-16-8-4-9-17-34)43-30-32-45(56-43)49(51(39)53(52)58)36-20-12-6-13-21-36/h4-33,56-57H,1-3H3. The van der Waals surface area contributed by atoms with Crippen molar-refractivity contribution in [3.05, 3.63) is 260 Å². The number of carbonyl (C=O) groups is 1. The summed E-state index contributed by atoms with van der Waals surface area (Å²) in [5.74, 6) is -0.0179. The Morgan fingerprint density at radius 3 is 1.55 bits per heavy atom. The van der Waals surface area contributed by atoms with Crippen molar-refractivity contribution >= 4 is 33.8 Å². The molecule has 8 bridgehead atoms. The molecule has 2 aliphatic carbocycles. The summed E-state index contributed by atoms with van der Waals surface area (Å²) in [5.41, 5.74) is 15.4. The zero-order valence-electron chi connectivity index (χ0n) is 32.7. The molecule has 278 valence electrons. The molecule has 4 heteroatoms. The highest BCUT2D eigenvalue weighted by Gasteiger charge is 2.38. The fraction of sp³-hybridized carbons (Fsp3) is 0.0741. The summed E-state index contributed by atoms with van der Waals surface area (Å²) < 4.78 is 0. The normalized spacial score (nSPS) is 16.5. The van der Waals surface area contributed by atoms with Crippen LogP contribution in [0.5, 0.6) is 0 Å². The first-order valence-corrected chi connectivity index (χ1v) is 19.8. The van der Waals surface area contributed by atoms with Crippen LogP contribution in [0, 0.1) is 5.41 Å². The highest BCUT2D eigenvalue weighted by molar-refractivity contribution is 6.31. The van der Waals surface area contributed by atoms with E-state index in [9.17, 15) is 0 Å². The molecule has 4 aromatic carbocycles. The maximum Gasteiger partial charge on any atom is 0.195 e. The summed E-state index contributed by atoms with van der Waals surface area (Å²) in [4.78, 5) is 28.9. The van der Waals surface area contributed by atoms with Crippen LogP contribution in [-0.4, -0.2) is 21.5 Å². The number of nitrogens with one attached hydrogen (secondary N) is 2. The molecular weight excluding hydrogens is 707 g/mol. The summed E-state index contributed by atoms with van der Waals surface area (Å²) in [5, 5.41) is 1.77. The second kappa shape index (κ2) is 14.0. The van der Waals surface area contributed by atoms with E-state index in [4.69, 9.17) is 4.99 Å². The molecule has 4 heterocycles. The van der Waals surface area contributed by atoms with Crippen LogP contribution in [-0.2, 0) is 4.79 Å². The van der Waals surface area contributed by atoms with Crippen LogP contribution in [0.25, 0.3) is 22.3 Å². The number of aliphatic imine (C=N–C) groups is 1. The number of benzene rings is 4. The van der Waals surface area contributed by atoms with Gasteiger partial charge in [-0.05, 0) is 80.8 Å². The van der Waals surface area contributed by atoms with Crippen molar-refractivity contribution in [3.8, 4) is 0 Å². The molecule has 0 amide bonds. The predicted octanol–water partition coefficient (Wildman–Crippen LogP) is 10.4. The van der Waals surface area contributed by atoms with E-state index in [-0.39, 0.29) is 11.2 Å². The van der Waals surface area contributed by atoms with Gasteiger partial charge < -0.3 is 9.97 Å². The minimum atomic E-state index is -0.105. The molecule has 4 nitrogen and oxygen atoms in total. The number of ketones is 1. The van der Waals surface area contributed by atoms with Gasteiger partial charge in [-0.1, -0.05) is 166 Å². The Bertz CT molecular complexity index is 3040. The summed E-state index contributed by atoms with van der Waals surface area (Å²) in [6, 6.07) is 49.9. The highest BCUT2D eigenvalue weighted by atomic mass is 16.1. The quantitative estimate of drug-likeness (QED) is 0.185. The lowest BCUT2D eigenvalue weighted by Crippen LogP contribution is -2.21. The van der Waals surface area contributed by atoms with E-state index >= 15 is 4.79 Å². The Kier molecular flexibility index (Phi) is 8.49. The first-order chi connectivity index (χ1) is 28.3. The number of allylic oxidation sites excluding steroid dienone is 11. The lowest BCUT2D eigenvalue weighted by molar-refractivity contribution is -0.111. The molecule has 2 N–H and O–H groups in total. The molecule has 6 aromatic rings. The Hall–Kier alpha value is -7.30. The second-order valence-electron chi connectivity index (χ2n) is 16.0. The third-order valence-electron chi connectivity index (χ3n) is 11.4. The van der Waals surface area contributed by atoms with Gasteiger partial charge >= 0.3 is 0 Å². The highest BCUT2D eigenvalue weighted by Crippen LogP contribution is 2.47. The van der Waals surface area contributed by atoms with Gasteiger partial charge in [-0.25, -0.2) is 4.99 Å². The van der Waals surface area contributed by atoms with E-state index in [0.717, 1.165) is 89.2 Å². The Balaban J connectivity index is 1.40. The average Bonchev–Trinajstić information content (AvgIpc) is 4.04. The van der Waals surface area contributed by atoms with Gasteiger partial charge in [0.15, 0.2) is 5.78 Å². The number of hydrogen-bond acceptors (Lipinski definition) is 2. The smallest absolute Gasteiger partial charge is 0.195 e. The lowest BCUT2D eigenvalue weighted by atomic mass is 9.85. The molecular formula is C54H41N3O. The first-order valence-electron chi connectivity index (χ1n) is 19.8. The molecule has 4 aliphatic rings. The second-order valence-corrected chi connectivity index (χ2v) is 16.0. The van der Waals surface area contributed by atoms with Crippen molar-refractivity contribution < 1.29 is 4.79 Å². The van der Waals surface area contributed by atoms with Crippen molar-refractivity contribution in [2.75, 3.05) is 0 Å². The molecule has 0 saturated carbocycles. The van der Waals surface area contributed by atoms with Gasteiger partial charge in [-0.15, -0.1) is 0 Å². The number of carbonyl (C=O) groups excluding carboxylic acids is 1. The van der Waals surface area contributed by atoms with E-state index in [0.29, 0.717) is 11.1 Å². The summed E-state index contributed by atoms with van der Waals surface area (Å²) in [7, 11) is 0. The number of hydrogen-bond donors (Lipinski definition) is 2. The minimum Gasteiger partial charge on any atom is -0.354 e. The topological polar surface area (TPSA) is 61.0 Å². The minimum absolute atomic E-state index is 0.0179. The molecule has 0 spiro atoms. The summed E-state index contributed by atoms with van der Waals surface area (Å²) >= 11 is 0. The first kappa shape index (κ1) is 35.1. The fourth-order valence-corrected chi connectivity index (χ4v) is 8.57. The van der Waals surface area contributed by atoms with Gasteiger partial charge in [-0.2, -0.15) is 0 Å². The van der Waals surface area contributed by atoms with Gasteiger partial charge in [-0.3, -0.25) is 4.79 Å². The van der Waals surface area contributed by atoms with Gasteiger partial charge in [0.25, 0.3) is 0 Å². The van der Waals surface area contributed by atoms with Crippen LogP contribution >= 0.6 is 0 Å². The largest absolute Gasteiger partial charge is 0.354 e. The van der Waals surface area contributed by atoms with Crippen LogP contribution in [0.2, 0.25) is 0 Å². The third kappa shape index (κ3) is 6.02. The van der Waals surface area contributed by atoms with E-state index in [1.807, 2.05) is 48.5 Å². The van der Waals surface area contributed by atoms with Crippen molar-refractivity contribution in [1.29, 1.82) is 0 Å². The number of H-pyrrole nitrogens is 2. The molecule has 2 aromatic heterocycles. The van der Waals surface area contributed by atoms with Gasteiger partial charge in [0.05, 0.1) is 11.4 Å². The Labute approximate surface area is 338 Å². The summed E-state index contributed by atoms with van der Waals surface area (Å²) in [6.07, 6.45) is 12.9. The van der Waals surface area contributed by atoms with Crippen LogP contribution < -0.4 is 10.7 Å². The van der Waals surface area contributed by atoms with E-state index in [1.165, 1.54) is 5.57 Å². The number of Topliss-reactive ketones (excluding diaryl/α,β-unsaturated/α-hetero) is 1. The van der Waals surface area contributed by atoms with Crippen molar-refractivity contribution in [2.45, 2.75) is 20.8 Å². The van der Waals surface area contributed by atoms with Gasteiger partial charge in [0, 0.05) is 55.5 Å². The Morgan fingerprint density at radius 2 is 0.966 bits per heavy atom. The molecule has 0 fully saturated rings. The zero-order valence-corrected chi connectivity index (χ0v) is 32.7. The van der Waals surface area contributed by atoms with Gasteiger partial charge in [0.1, 0.15) is 0 Å². The molecule has 10 rings (SSSR count). The lowest BCUT2D eigenvalue weighted by Gasteiger charge is -2.19. The molecule has 58 heavy (non-hydrogen) atoms. The van der Waals surface area contributed by atoms with Crippen LogP contribution in [0.3, 0.4) is 0 Å². The maximum atomic E-state index is 15.8. The summed E-state index contributed by atoms with van der Waals surface area (Å²) in [6.45, 7) is 6.69.